The number of methoxy groups -OCH3 is 1. The SMILES string of the molecule is CCOP(=O)(OCC)c1ccc(Cn2cnc3c(OC)cccc32)cc1. The molecule has 0 saturated heterocycles. The van der Waals surface area contributed by atoms with Gasteiger partial charge in [0.2, 0.25) is 0 Å². The highest BCUT2D eigenvalue weighted by Crippen LogP contribution is 2.46. The molecule has 0 aliphatic rings. The van der Waals surface area contributed by atoms with Gasteiger partial charge in [-0.25, -0.2) is 4.98 Å². The van der Waals surface area contributed by atoms with Crippen molar-refractivity contribution in [1.82, 2.24) is 9.55 Å². The monoisotopic (exact) mass is 374 g/mol. The number of nitrogens with zero attached hydrogens (tertiary/aromatic N) is 2. The Kier molecular flexibility index (Phi) is 5.77. The van der Waals surface area contributed by atoms with Gasteiger partial charge in [0.1, 0.15) is 11.3 Å². The number of aromatic nitrogens is 2. The zero-order valence-electron chi connectivity index (χ0n) is 15.2. The van der Waals surface area contributed by atoms with Gasteiger partial charge in [0.05, 0.1) is 37.5 Å². The molecule has 3 rings (SSSR count). The minimum absolute atomic E-state index is 0.335. The van der Waals surface area contributed by atoms with E-state index in [0.717, 1.165) is 22.3 Å². The lowest BCUT2D eigenvalue weighted by Crippen LogP contribution is -2.11. The second-order valence-electron chi connectivity index (χ2n) is 5.70. The molecular weight excluding hydrogens is 351 g/mol. The maximum atomic E-state index is 12.8. The van der Waals surface area contributed by atoms with E-state index in [4.69, 9.17) is 13.8 Å². The van der Waals surface area contributed by atoms with Gasteiger partial charge in [0, 0.05) is 6.54 Å². The summed E-state index contributed by atoms with van der Waals surface area (Å²) in [4.78, 5) is 4.44. The molecule has 0 N–H and O–H groups in total. The Morgan fingerprint density at radius 2 is 1.73 bits per heavy atom. The van der Waals surface area contributed by atoms with Crippen LogP contribution in [-0.2, 0) is 20.2 Å². The molecule has 0 bridgehead atoms. The Morgan fingerprint density at radius 1 is 1.04 bits per heavy atom. The predicted octanol–water partition coefficient (Wildman–Crippen LogP) is 3.98. The molecule has 6 nitrogen and oxygen atoms in total. The molecule has 0 radical (unpaired) electrons. The van der Waals surface area contributed by atoms with E-state index in [1.54, 1.807) is 39.4 Å². The van der Waals surface area contributed by atoms with E-state index in [1.807, 2.05) is 30.3 Å². The fourth-order valence-electron chi connectivity index (χ4n) is 2.86. The number of para-hydroxylation sites is 1. The summed E-state index contributed by atoms with van der Waals surface area (Å²) in [7, 11) is -1.61. The number of rotatable bonds is 8. The molecule has 3 aromatic rings. The van der Waals surface area contributed by atoms with Crippen LogP contribution in [0, 0.1) is 0 Å². The van der Waals surface area contributed by atoms with Gasteiger partial charge in [0.15, 0.2) is 0 Å². The van der Waals surface area contributed by atoms with Crippen LogP contribution in [0.25, 0.3) is 11.0 Å². The molecule has 0 saturated carbocycles. The molecular formula is C19H23N2O4P. The van der Waals surface area contributed by atoms with Gasteiger partial charge in [0.25, 0.3) is 0 Å². The first-order valence-electron chi connectivity index (χ1n) is 8.57. The first-order valence-corrected chi connectivity index (χ1v) is 10.1. The number of imidazole rings is 1. The topological polar surface area (TPSA) is 62.6 Å². The summed E-state index contributed by atoms with van der Waals surface area (Å²) in [5.74, 6) is 0.756. The van der Waals surface area contributed by atoms with Crippen LogP contribution in [0.1, 0.15) is 19.4 Å². The number of hydrogen-bond donors (Lipinski definition) is 0. The normalized spacial score (nSPS) is 11.8. The zero-order chi connectivity index (χ0) is 18.6. The van der Waals surface area contributed by atoms with Crippen LogP contribution in [0.4, 0.5) is 0 Å². The van der Waals surface area contributed by atoms with Gasteiger partial charge in [-0.3, -0.25) is 4.57 Å². The number of hydrogen-bond acceptors (Lipinski definition) is 5. The Hall–Kier alpha value is -2.14. The Morgan fingerprint density at radius 3 is 2.35 bits per heavy atom. The van der Waals surface area contributed by atoms with Crippen molar-refractivity contribution in [2.45, 2.75) is 20.4 Å². The minimum atomic E-state index is -3.25. The molecule has 1 aromatic heterocycles. The van der Waals surface area contributed by atoms with Crippen molar-refractivity contribution >= 4 is 23.9 Å². The van der Waals surface area contributed by atoms with Crippen molar-refractivity contribution in [2.75, 3.05) is 20.3 Å². The highest BCUT2D eigenvalue weighted by atomic mass is 31.2. The second kappa shape index (κ2) is 8.04. The first-order chi connectivity index (χ1) is 12.6. The van der Waals surface area contributed by atoms with E-state index < -0.39 is 7.60 Å². The van der Waals surface area contributed by atoms with Gasteiger partial charge in [-0.15, -0.1) is 0 Å². The lowest BCUT2D eigenvalue weighted by Gasteiger charge is -2.17. The fraction of sp³-hybridized carbons (Fsp3) is 0.316. The first kappa shape index (κ1) is 18.6. The van der Waals surface area contributed by atoms with Crippen LogP contribution in [0.3, 0.4) is 0 Å². The molecule has 0 aliphatic heterocycles. The van der Waals surface area contributed by atoms with E-state index in [9.17, 15) is 4.57 Å². The maximum Gasteiger partial charge on any atom is 0.361 e. The molecule has 138 valence electrons. The third-order valence-corrected chi connectivity index (χ3v) is 6.16. The van der Waals surface area contributed by atoms with Crippen molar-refractivity contribution in [3.63, 3.8) is 0 Å². The predicted molar refractivity (Wildman–Crippen MR) is 102 cm³/mol. The van der Waals surface area contributed by atoms with Crippen LogP contribution in [0.2, 0.25) is 0 Å². The van der Waals surface area contributed by atoms with Gasteiger partial charge < -0.3 is 18.4 Å². The summed E-state index contributed by atoms with van der Waals surface area (Å²) in [5.41, 5.74) is 2.90. The van der Waals surface area contributed by atoms with Crippen molar-refractivity contribution in [1.29, 1.82) is 0 Å². The van der Waals surface area contributed by atoms with Crippen LogP contribution >= 0.6 is 7.60 Å². The van der Waals surface area contributed by atoms with Crippen molar-refractivity contribution in [3.8, 4) is 5.75 Å². The average Bonchev–Trinajstić information content (AvgIpc) is 3.06. The molecule has 26 heavy (non-hydrogen) atoms. The number of ether oxygens (including phenoxy) is 1. The van der Waals surface area contributed by atoms with Gasteiger partial charge >= 0.3 is 7.60 Å². The molecule has 7 heteroatoms. The van der Waals surface area contributed by atoms with Crippen LogP contribution in [0.15, 0.2) is 48.8 Å². The average molecular weight is 374 g/mol. The minimum Gasteiger partial charge on any atom is -0.494 e. The summed E-state index contributed by atoms with van der Waals surface area (Å²) in [6.45, 7) is 4.93. The standard InChI is InChI=1S/C19H23N2O4P/c1-4-24-26(22,25-5-2)16-11-9-15(10-12-16)13-21-14-20-19-17(21)7-6-8-18(19)23-3/h6-12,14H,4-5,13H2,1-3H3. The lowest BCUT2D eigenvalue weighted by molar-refractivity contribution is 0.230. The van der Waals surface area contributed by atoms with Crippen LogP contribution < -0.4 is 10.0 Å². The maximum absolute atomic E-state index is 12.8. The molecule has 0 amide bonds. The fourth-order valence-corrected chi connectivity index (χ4v) is 4.43. The molecule has 1 heterocycles. The van der Waals surface area contributed by atoms with E-state index in [0.29, 0.717) is 25.1 Å². The van der Waals surface area contributed by atoms with Crippen LogP contribution in [-0.4, -0.2) is 29.9 Å². The molecule has 0 unspecified atom stereocenters. The third-order valence-electron chi connectivity index (χ3n) is 4.04. The van der Waals surface area contributed by atoms with E-state index in [2.05, 4.69) is 9.55 Å². The highest BCUT2D eigenvalue weighted by molar-refractivity contribution is 7.62. The molecule has 0 atom stereocenters. The highest BCUT2D eigenvalue weighted by Gasteiger charge is 2.26. The largest absolute Gasteiger partial charge is 0.494 e. The summed E-state index contributed by atoms with van der Waals surface area (Å²) >= 11 is 0. The Balaban J connectivity index is 1.85. The lowest BCUT2D eigenvalue weighted by atomic mass is 10.2. The Labute approximate surface area is 153 Å². The smallest absolute Gasteiger partial charge is 0.361 e. The van der Waals surface area contributed by atoms with E-state index >= 15 is 0 Å². The van der Waals surface area contributed by atoms with E-state index in [1.165, 1.54) is 0 Å². The molecule has 0 spiro atoms. The molecule has 0 aliphatic carbocycles. The van der Waals surface area contributed by atoms with Crippen LogP contribution in [0.5, 0.6) is 5.75 Å². The summed E-state index contributed by atoms with van der Waals surface area (Å²) < 4.78 is 31.0. The van der Waals surface area contributed by atoms with Crippen molar-refractivity contribution in [2.24, 2.45) is 0 Å². The van der Waals surface area contributed by atoms with Crippen molar-refractivity contribution in [3.05, 3.63) is 54.4 Å². The summed E-state index contributed by atoms with van der Waals surface area (Å²) in [6.07, 6.45) is 1.80. The summed E-state index contributed by atoms with van der Waals surface area (Å²) in [5, 5.41) is 0.571. The van der Waals surface area contributed by atoms with Crippen molar-refractivity contribution < 1.29 is 18.3 Å². The quantitative estimate of drug-likeness (QED) is 0.558. The molecule has 0 fully saturated rings. The number of benzene rings is 2. The Bertz CT molecular complexity index is 911. The van der Waals surface area contributed by atoms with Gasteiger partial charge in [-0.2, -0.15) is 0 Å². The third kappa shape index (κ3) is 3.68. The van der Waals surface area contributed by atoms with Gasteiger partial charge in [-0.05, 0) is 43.7 Å². The van der Waals surface area contributed by atoms with Gasteiger partial charge in [-0.1, -0.05) is 18.2 Å². The summed E-state index contributed by atoms with van der Waals surface area (Å²) in [6, 6.07) is 13.3. The molecule has 2 aromatic carbocycles. The zero-order valence-corrected chi connectivity index (χ0v) is 16.1. The second-order valence-corrected chi connectivity index (χ2v) is 7.73. The number of fused-ring (bicyclic) bond motifs is 1. The van der Waals surface area contributed by atoms with E-state index in [-0.39, 0.29) is 0 Å².